The van der Waals surface area contributed by atoms with Crippen molar-refractivity contribution in [2.45, 2.75) is 24.6 Å². The minimum Gasteiger partial charge on any atom is -0.381 e. The largest absolute Gasteiger partial charge is 0.381 e. The summed E-state index contributed by atoms with van der Waals surface area (Å²) in [5.74, 6) is -0.602. The van der Waals surface area contributed by atoms with Crippen LogP contribution in [0.15, 0.2) is 18.2 Å². The summed E-state index contributed by atoms with van der Waals surface area (Å²) in [6, 6.07) is 4.36. The average Bonchev–Trinajstić information content (AvgIpc) is 2.35. The van der Waals surface area contributed by atoms with Gasteiger partial charge in [-0.15, -0.1) is 0 Å². The number of hydrogen-bond donors (Lipinski definition) is 0. The van der Waals surface area contributed by atoms with Crippen LogP contribution in [0.1, 0.15) is 18.9 Å². The van der Waals surface area contributed by atoms with Crippen molar-refractivity contribution in [3.63, 3.8) is 0 Å². The molecule has 0 bridgehead atoms. The Kier molecular flexibility index (Phi) is 4.73. The van der Waals surface area contributed by atoms with E-state index in [1.807, 2.05) is 0 Å². The molecule has 1 saturated heterocycles. The van der Waals surface area contributed by atoms with Gasteiger partial charge in [-0.3, -0.25) is 0 Å². The van der Waals surface area contributed by atoms with Crippen molar-refractivity contribution in [1.82, 2.24) is 0 Å². The molecule has 1 aliphatic heterocycles. The Morgan fingerprint density at radius 1 is 1.44 bits per heavy atom. The van der Waals surface area contributed by atoms with Crippen LogP contribution in [-0.4, -0.2) is 18.0 Å². The smallest absolute Gasteiger partial charge is 0.162 e. The van der Waals surface area contributed by atoms with Crippen LogP contribution in [0.25, 0.3) is 0 Å². The lowest BCUT2D eigenvalue weighted by atomic mass is 9.85. The summed E-state index contributed by atoms with van der Waals surface area (Å²) in [4.78, 5) is 0.160. The molecule has 1 nitrogen and oxygen atoms in total. The molecule has 100 valence electrons. The van der Waals surface area contributed by atoms with Gasteiger partial charge in [-0.25, -0.2) is 8.78 Å². The van der Waals surface area contributed by atoms with E-state index >= 15 is 0 Å². The van der Waals surface area contributed by atoms with Crippen LogP contribution >= 0.6 is 15.9 Å². The van der Waals surface area contributed by atoms with Gasteiger partial charge in [0.2, 0.25) is 0 Å². The van der Waals surface area contributed by atoms with E-state index in [0.717, 1.165) is 25.7 Å². The summed E-state index contributed by atoms with van der Waals surface area (Å²) in [7, 11) is 0. The fourth-order valence-corrected chi connectivity index (χ4v) is 3.64. The summed E-state index contributed by atoms with van der Waals surface area (Å²) in [5, 5.41) is 0. The van der Waals surface area contributed by atoms with Crippen molar-refractivity contribution in [3.05, 3.63) is 35.4 Å². The SMILES string of the molecule is CC1COCCC1C(Br)Cc1cccc(F)c1F. The Bertz CT molecular complexity index is 411. The molecule has 1 aliphatic rings. The quantitative estimate of drug-likeness (QED) is 0.767. The van der Waals surface area contributed by atoms with Gasteiger partial charge in [-0.1, -0.05) is 35.0 Å². The normalized spacial score (nSPS) is 26.0. The average molecular weight is 319 g/mol. The van der Waals surface area contributed by atoms with Gasteiger partial charge in [-0.2, -0.15) is 0 Å². The molecule has 0 aromatic heterocycles. The Balaban J connectivity index is 2.06. The van der Waals surface area contributed by atoms with E-state index in [9.17, 15) is 8.78 Å². The summed E-state index contributed by atoms with van der Waals surface area (Å²) in [5.41, 5.74) is 0.440. The van der Waals surface area contributed by atoms with E-state index in [1.54, 1.807) is 12.1 Å². The second kappa shape index (κ2) is 6.11. The van der Waals surface area contributed by atoms with Crippen LogP contribution < -0.4 is 0 Å². The lowest BCUT2D eigenvalue weighted by Crippen LogP contribution is -2.32. The molecule has 0 amide bonds. The highest BCUT2D eigenvalue weighted by Crippen LogP contribution is 2.31. The molecule has 18 heavy (non-hydrogen) atoms. The fourth-order valence-electron chi connectivity index (χ4n) is 2.50. The zero-order chi connectivity index (χ0) is 13.1. The molecule has 0 radical (unpaired) electrons. The fraction of sp³-hybridized carbons (Fsp3) is 0.571. The van der Waals surface area contributed by atoms with Crippen LogP contribution in [0.2, 0.25) is 0 Å². The zero-order valence-electron chi connectivity index (χ0n) is 10.3. The predicted molar refractivity (Wildman–Crippen MR) is 70.9 cm³/mol. The van der Waals surface area contributed by atoms with Gasteiger partial charge in [0.25, 0.3) is 0 Å². The highest BCUT2D eigenvalue weighted by Gasteiger charge is 2.28. The van der Waals surface area contributed by atoms with Crippen molar-refractivity contribution >= 4 is 15.9 Å². The maximum absolute atomic E-state index is 13.6. The monoisotopic (exact) mass is 318 g/mol. The van der Waals surface area contributed by atoms with Gasteiger partial charge in [0.05, 0.1) is 0 Å². The van der Waals surface area contributed by atoms with E-state index in [4.69, 9.17) is 4.74 Å². The molecule has 0 aliphatic carbocycles. The summed E-state index contributed by atoms with van der Waals surface area (Å²) >= 11 is 3.63. The maximum atomic E-state index is 13.6. The second-order valence-electron chi connectivity index (χ2n) is 4.94. The number of alkyl halides is 1. The van der Waals surface area contributed by atoms with Gasteiger partial charge in [-0.05, 0) is 36.3 Å². The molecule has 1 aromatic rings. The first-order valence-corrected chi connectivity index (χ1v) is 7.16. The number of hydrogen-bond acceptors (Lipinski definition) is 1. The second-order valence-corrected chi connectivity index (χ2v) is 6.11. The van der Waals surface area contributed by atoms with Crippen molar-refractivity contribution in [2.75, 3.05) is 13.2 Å². The summed E-state index contributed by atoms with van der Waals surface area (Å²) in [6.45, 7) is 3.64. The molecular weight excluding hydrogens is 302 g/mol. The minimum absolute atomic E-state index is 0.160. The molecule has 3 atom stereocenters. The maximum Gasteiger partial charge on any atom is 0.162 e. The third kappa shape index (κ3) is 3.09. The topological polar surface area (TPSA) is 9.23 Å². The van der Waals surface area contributed by atoms with E-state index in [0.29, 0.717) is 23.8 Å². The number of rotatable bonds is 3. The lowest BCUT2D eigenvalue weighted by molar-refractivity contribution is 0.0242. The first-order chi connectivity index (χ1) is 8.59. The highest BCUT2D eigenvalue weighted by atomic mass is 79.9. The molecule has 1 fully saturated rings. The zero-order valence-corrected chi connectivity index (χ0v) is 11.9. The van der Waals surface area contributed by atoms with Crippen LogP contribution in [0.5, 0.6) is 0 Å². The molecule has 4 heteroatoms. The number of halogens is 3. The summed E-state index contributed by atoms with van der Waals surface area (Å²) < 4.78 is 32.1. The van der Waals surface area contributed by atoms with E-state index in [-0.39, 0.29) is 4.83 Å². The molecular formula is C14H17BrF2O. The van der Waals surface area contributed by atoms with Crippen molar-refractivity contribution < 1.29 is 13.5 Å². The molecule has 0 spiro atoms. The Morgan fingerprint density at radius 2 is 2.22 bits per heavy atom. The third-order valence-electron chi connectivity index (χ3n) is 3.62. The van der Waals surface area contributed by atoms with Crippen molar-refractivity contribution in [3.8, 4) is 0 Å². The molecule has 0 N–H and O–H groups in total. The molecule has 1 heterocycles. The van der Waals surface area contributed by atoms with Gasteiger partial charge in [0.15, 0.2) is 11.6 Å². The van der Waals surface area contributed by atoms with Gasteiger partial charge < -0.3 is 4.74 Å². The van der Waals surface area contributed by atoms with Gasteiger partial charge >= 0.3 is 0 Å². The first kappa shape index (κ1) is 13.9. The van der Waals surface area contributed by atoms with Crippen molar-refractivity contribution in [1.29, 1.82) is 0 Å². The van der Waals surface area contributed by atoms with Crippen LogP contribution in [-0.2, 0) is 11.2 Å². The standard InChI is InChI=1S/C14H17BrF2O/c1-9-8-18-6-5-11(9)12(15)7-10-3-2-4-13(16)14(10)17/h2-4,9,11-12H,5-8H2,1H3. The third-order valence-corrected chi connectivity index (χ3v) is 4.62. The summed E-state index contributed by atoms with van der Waals surface area (Å²) in [6.07, 6.45) is 1.48. The van der Waals surface area contributed by atoms with Crippen LogP contribution in [0.3, 0.4) is 0 Å². The van der Waals surface area contributed by atoms with E-state index in [2.05, 4.69) is 22.9 Å². The number of benzene rings is 1. The number of ether oxygens (including phenoxy) is 1. The van der Waals surface area contributed by atoms with Gasteiger partial charge in [0.1, 0.15) is 0 Å². The Hall–Kier alpha value is -0.480. The predicted octanol–water partition coefficient (Wildman–Crippen LogP) is 3.94. The lowest BCUT2D eigenvalue weighted by Gasteiger charge is -2.32. The van der Waals surface area contributed by atoms with Gasteiger partial charge in [0, 0.05) is 18.0 Å². The molecule has 1 aromatic carbocycles. The minimum atomic E-state index is -0.771. The first-order valence-electron chi connectivity index (χ1n) is 6.24. The highest BCUT2D eigenvalue weighted by molar-refractivity contribution is 9.09. The van der Waals surface area contributed by atoms with Crippen LogP contribution in [0, 0.1) is 23.5 Å². The Labute approximate surface area is 115 Å². The molecule has 0 saturated carbocycles. The van der Waals surface area contributed by atoms with E-state index < -0.39 is 11.6 Å². The van der Waals surface area contributed by atoms with Crippen molar-refractivity contribution in [2.24, 2.45) is 11.8 Å². The van der Waals surface area contributed by atoms with E-state index in [1.165, 1.54) is 0 Å². The Morgan fingerprint density at radius 3 is 2.94 bits per heavy atom. The molecule has 2 rings (SSSR count). The van der Waals surface area contributed by atoms with Crippen LogP contribution in [0.4, 0.5) is 8.78 Å². The molecule has 3 unspecified atom stereocenters.